The van der Waals surface area contributed by atoms with E-state index in [4.69, 9.17) is 5.11 Å². The number of hydrogen-bond acceptors (Lipinski definition) is 3. The van der Waals surface area contributed by atoms with E-state index in [1.54, 1.807) is 0 Å². The second-order valence-electron chi connectivity index (χ2n) is 6.33. The Balaban J connectivity index is 2.18. The van der Waals surface area contributed by atoms with E-state index in [-0.39, 0.29) is 16.7 Å². The molecule has 1 heterocycles. The molecule has 2 aromatic carbocycles. The number of carbonyl (C=O) groups excluding carboxylic acids is 2. The third kappa shape index (κ3) is 2.69. The summed E-state index contributed by atoms with van der Waals surface area (Å²) in [5.74, 6) is -1.97. The van der Waals surface area contributed by atoms with Crippen molar-refractivity contribution in [2.75, 3.05) is 4.90 Å². The number of rotatable bonds is 5. The molecule has 3 rings (SSSR count). The molecular formula is C21H21NO4. The van der Waals surface area contributed by atoms with E-state index < -0.39 is 17.8 Å². The van der Waals surface area contributed by atoms with Gasteiger partial charge in [-0.2, -0.15) is 0 Å². The van der Waals surface area contributed by atoms with Crippen LogP contribution in [0.3, 0.4) is 0 Å². The monoisotopic (exact) mass is 351 g/mol. The Labute approximate surface area is 152 Å². The SMILES string of the molecule is CCc1cc(CC)c(N2C(=O)c3ccc(C(=O)O)cc3C2=O)c(CC)c1. The van der Waals surface area contributed by atoms with Gasteiger partial charge in [0, 0.05) is 0 Å². The first-order chi connectivity index (χ1) is 12.4. The van der Waals surface area contributed by atoms with Crippen LogP contribution < -0.4 is 4.90 Å². The van der Waals surface area contributed by atoms with Crippen LogP contribution in [-0.2, 0) is 19.3 Å². The number of aromatic carboxylic acids is 1. The summed E-state index contributed by atoms with van der Waals surface area (Å²) in [4.78, 5) is 38.3. The molecular weight excluding hydrogens is 330 g/mol. The van der Waals surface area contributed by atoms with Crippen LogP contribution >= 0.6 is 0 Å². The Morgan fingerprint density at radius 3 is 1.96 bits per heavy atom. The van der Waals surface area contributed by atoms with Crippen molar-refractivity contribution in [2.45, 2.75) is 40.0 Å². The summed E-state index contributed by atoms with van der Waals surface area (Å²) < 4.78 is 0. The van der Waals surface area contributed by atoms with Crippen molar-refractivity contribution in [3.8, 4) is 0 Å². The number of hydrogen-bond donors (Lipinski definition) is 1. The Morgan fingerprint density at radius 2 is 1.46 bits per heavy atom. The molecule has 134 valence electrons. The predicted molar refractivity (Wildman–Crippen MR) is 99.1 cm³/mol. The number of carbonyl (C=O) groups is 3. The van der Waals surface area contributed by atoms with Gasteiger partial charge in [-0.1, -0.05) is 32.9 Å². The maximum atomic E-state index is 13.0. The lowest BCUT2D eigenvalue weighted by atomic mass is 9.97. The highest BCUT2D eigenvalue weighted by atomic mass is 16.4. The van der Waals surface area contributed by atoms with E-state index in [0.717, 1.165) is 17.5 Å². The van der Waals surface area contributed by atoms with Crippen LogP contribution in [0.5, 0.6) is 0 Å². The van der Waals surface area contributed by atoms with E-state index in [2.05, 4.69) is 6.92 Å². The van der Waals surface area contributed by atoms with Gasteiger partial charge < -0.3 is 5.11 Å². The molecule has 1 aliphatic rings. The number of carboxylic acid groups (broad SMARTS) is 1. The summed E-state index contributed by atoms with van der Waals surface area (Å²) in [5.41, 5.74) is 4.13. The molecule has 1 N–H and O–H groups in total. The van der Waals surface area contributed by atoms with Crippen LogP contribution in [0.1, 0.15) is 68.5 Å². The molecule has 26 heavy (non-hydrogen) atoms. The lowest BCUT2D eigenvalue weighted by Crippen LogP contribution is -2.31. The van der Waals surface area contributed by atoms with Gasteiger partial charge in [0.2, 0.25) is 0 Å². The maximum absolute atomic E-state index is 13.0. The van der Waals surface area contributed by atoms with E-state index in [9.17, 15) is 14.4 Å². The molecule has 0 radical (unpaired) electrons. The van der Waals surface area contributed by atoms with Crippen LogP contribution in [0, 0.1) is 0 Å². The van der Waals surface area contributed by atoms with Crippen molar-refractivity contribution in [2.24, 2.45) is 0 Å². The van der Waals surface area contributed by atoms with Gasteiger partial charge >= 0.3 is 5.97 Å². The van der Waals surface area contributed by atoms with E-state index in [0.29, 0.717) is 18.5 Å². The first kappa shape index (κ1) is 17.9. The first-order valence-electron chi connectivity index (χ1n) is 8.83. The van der Waals surface area contributed by atoms with Crippen LogP contribution in [0.15, 0.2) is 30.3 Å². The molecule has 0 fully saturated rings. The zero-order valence-electron chi connectivity index (χ0n) is 15.1. The van der Waals surface area contributed by atoms with Gasteiger partial charge in [0.15, 0.2) is 0 Å². The molecule has 5 heteroatoms. The van der Waals surface area contributed by atoms with E-state index in [1.165, 1.54) is 28.7 Å². The van der Waals surface area contributed by atoms with E-state index in [1.807, 2.05) is 26.0 Å². The normalized spacial score (nSPS) is 13.3. The van der Waals surface area contributed by atoms with Crippen molar-refractivity contribution < 1.29 is 19.5 Å². The molecule has 0 aromatic heterocycles. The summed E-state index contributed by atoms with van der Waals surface area (Å²) in [5, 5.41) is 9.16. The number of carboxylic acids is 1. The van der Waals surface area contributed by atoms with Gasteiger partial charge in [0.25, 0.3) is 11.8 Å². The number of amides is 2. The highest BCUT2D eigenvalue weighted by Gasteiger charge is 2.39. The minimum Gasteiger partial charge on any atom is -0.478 e. The molecule has 0 bridgehead atoms. The average molecular weight is 351 g/mol. The molecule has 2 amide bonds. The number of nitrogens with zero attached hydrogens (tertiary/aromatic N) is 1. The van der Waals surface area contributed by atoms with Gasteiger partial charge in [-0.05, 0) is 54.2 Å². The third-order valence-electron chi connectivity index (χ3n) is 4.85. The molecule has 2 aromatic rings. The van der Waals surface area contributed by atoms with E-state index >= 15 is 0 Å². The highest BCUT2D eigenvalue weighted by molar-refractivity contribution is 6.35. The standard InChI is InChI=1S/C21H21NO4/c1-4-12-9-13(5-2)18(14(6-3)10-12)22-19(23)16-8-7-15(21(25)26)11-17(16)20(22)24/h7-11H,4-6H2,1-3H3,(H,25,26). The minimum atomic E-state index is -1.12. The van der Waals surface area contributed by atoms with Gasteiger partial charge in [0.05, 0.1) is 22.4 Å². The first-order valence-corrected chi connectivity index (χ1v) is 8.83. The van der Waals surface area contributed by atoms with Gasteiger partial charge in [-0.3, -0.25) is 9.59 Å². The number of anilines is 1. The summed E-state index contributed by atoms with van der Waals surface area (Å²) in [6, 6.07) is 8.16. The molecule has 0 saturated heterocycles. The fraction of sp³-hybridized carbons (Fsp3) is 0.286. The molecule has 5 nitrogen and oxygen atoms in total. The second-order valence-corrected chi connectivity index (χ2v) is 6.33. The Hall–Kier alpha value is -2.95. The highest BCUT2D eigenvalue weighted by Crippen LogP contribution is 2.35. The predicted octanol–water partition coefficient (Wildman–Crippen LogP) is 3.87. The molecule has 0 spiro atoms. The fourth-order valence-electron chi connectivity index (χ4n) is 3.44. The van der Waals surface area contributed by atoms with Gasteiger partial charge in [-0.15, -0.1) is 0 Å². The van der Waals surface area contributed by atoms with Gasteiger partial charge in [0.1, 0.15) is 0 Å². The Kier molecular flexibility index (Phi) is 4.64. The molecule has 0 unspecified atom stereocenters. The van der Waals surface area contributed by atoms with Crippen LogP contribution in [0.2, 0.25) is 0 Å². The van der Waals surface area contributed by atoms with Crippen molar-refractivity contribution >= 4 is 23.5 Å². The van der Waals surface area contributed by atoms with Crippen LogP contribution in [0.25, 0.3) is 0 Å². The number of fused-ring (bicyclic) bond motifs is 1. The molecule has 0 atom stereocenters. The van der Waals surface area contributed by atoms with Gasteiger partial charge in [-0.25, -0.2) is 9.69 Å². The summed E-state index contributed by atoms with van der Waals surface area (Å²) in [6.07, 6.45) is 2.28. The number of imide groups is 1. The average Bonchev–Trinajstić information content (AvgIpc) is 2.90. The van der Waals surface area contributed by atoms with Crippen LogP contribution in [-0.4, -0.2) is 22.9 Å². The topological polar surface area (TPSA) is 74.7 Å². The van der Waals surface area contributed by atoms with Crippen molar-refractivity contribution in [3.63, 3.8) is 0 Å². The maximum Gasteiger partial charge on any atom is 0.335 e. The molecule has 0 aliphatic carbocycles. The molecule has 1 aliphatic heterocycles. The zero-order chi connectivity index (χ0) is 19.0. The number of benzene rings is 2. The van der Waals surface area contributed by atoms with Crippen molar-refractivity contribution in [3.05, 3.63) is 63.7 Å². The quantitative estimate of drug-likeness (QED) is 0.830. The minimum absolute atomic E-state index is 0.000453. The zero-order valence-corrected chi connectivity index (χ0v) is 15.1. The smallest absolute Gasteiger partial charge is 0.335 e. The summed E-state index contributed by atoms with van der Waals surface area (Å²) in [7, 11) is 0. The summed E-state index contributed by atoms with van der Waals surface area (Å²) >= 11 is 0. The lowest BCUT2D eigenvalue weighted by Gasteiger charge is -2.22. The fourth-order valence-corrected chi connectivity index (χ4v) is 3.44. The van der Waals surface area contributed by atoms with Crippen molar-refractivity contribution in [1.82, 2.24) is 0 Å². The molecule has 0 saturated carbocycles. The number of aryl methyl sites for hydroxylation is 3. The third-order valence-corrected chi connectivity index (χ3v) is 4.85. The second kappa shape index (κ2) is 6.75. The Morgan fingerprint density at radius 1 is 0.885 bits per heavy atom. The largest absolute Gasteiger partial charge is 0.478 e. The lowest BCUT2D eigenvalue weighted by molar-refractivity contribution is 0.0696. The summed E-state index contributed by atoms with van der Waals surface area (Å²) in [6.45, 7) is 6.07. The van der Waals surface area contributed by atoms with Crippen LogP contribution in [0.4, 0.5) is 5.69 Å². The Bertz CT molecular complexity index is 905. The van der Waals surface area contributed by atoms with Crippen molar-refractivity contribution in [1.29, 1.82) is 0 Å².